The number of halogens is 1. The molecule has 150 valence electrons. The number of amides is 1. The van der Waals surface area contributed by atoms with Crippen molar-refractivity contribution in [2.75, 3.05) is 17.7 Å². The highest BCUT2D eigenvalue weighted by Crippen LogP contribution is 2.25. The average Bonchev–Trinajstić information content (AvgIpc) is 2.65. The van der Waals surface area contributed by atoms with Gasteiger partial charge in [0, 0.05) is 17.4 Å². The Bertz CT molecular complexity index is 1110. The number of nitrogens with one attached hydrogen (secondary N) is 2. The first-order chi connectivity index (χ1) is 13.9. The molecule has 2 N–H and O–H groups in total. The van der Waals surface area contributed by atoms with Gasteiger partial charge >= 0.3 is 0 Å². The Labute approximate surface area is 167 Å². The average molecular weight is 396 g/mol. The molecular weight excluding hydrogens is 375 g/mol. The zero-order valence-corrected chi connectivity index (χ0v) is 16.3. The van der Waals surface area contributed by atoms with E-state index >= 15 is 0 Å². The van der Waals surface area contributed by atoms with Crippen LogP contribution < -0.4 is 20.9 Å². The van der Waals surface area contributed by atoms with Gasteiger partial charge in [-0.2, -0.15) is 0 Å². The highest BCUT2D eigenvalue weighted by molar-refractivity contribution is 5.92. The molecule has 0 aliphatic heterocycles. The van der Waals surface area contributed by atoms with Crippen molar-refractivity contribution in [1.29, 1.82) is 0 Å². The molecule has 1 heterocycles. The summed E-state index contributed by atoms with van der Waals surface area (Å²) < 4.78 is 19.9. The normalized spacial score (nSPS) is 10.5. The van der Waals surface area contributed by atoms with Gasteiger partial charge in [0.2, 0.25) is 11.9 Å². The summed E-state index contributed by atoms with van der Waals surface area (Å²) in [6.07, 6.45) is 0. The number of aromatic nitrogens is 2. The molecule has 0 saturated carbocycles. The highest BCUT2D eigenvalue weighted by atomic mass is 19.1. The molecule has 2 aromatic carbocycles. The van der Waals surface area contributed by atoms with Crippen LogP contribution in [0.4, 0.5) is 21.7 Å². The van der Waals surface area contributed by atoms with Gasteiger partial charge in [0.05, 0.1) is 12.8 Å². The molecule has 8 heteroatoms. The van der Waals surface area contributed by atoms with E-state index in [1.54, 1.807) is 25.1 Å². The van der Waals surface area contributed by atoms with E-state index in [1.165, 1.54) is 35.9 Å². The molecule has 0 radical (unpaired) electrons. The van der Waals surface area contributed by atoms with Crippen molar-refractivity contribution >= 4 is 23.2 Å². The molecule has 1 aromatic heterocycles. The highest BCUT2D eigenvalue weighted by Gasteiger charge is 2.14. The molecule has 7 nitrogen and oxygen atoms in total. The van der Waals surface area contributed by atoms with Gasteiger partial charge in [0.15, 0.2) is 0 Å². The van der Waals surface area contributed by atoms with Gasteiger partial charge in [0.1, 0.15) is 18.1 Å². The van der Waals surface area contributed by atoms with Crippen LogP contribution in [0, 0.1) is 19.7 Å². The Kier molecular flexibility index (Phi) is 5.92. The van der Waals surface area contributed by atoms with Crippen molar-refractivity contribution in [2.24, 2.45) is 0 Å². The Hall–Kier alpha value is -3.68. The monoisotopic (exact) mass is 396 g/mol. The van der Waals surface area contributed by atoms with E-state index < -0.39 is 17.3 Å². The predicted octanol–water partition coefficient (Wildman–Crippen LogP) is 3.39. The maximum atomic E-state index is 13.5. The number of hydrogen-bond donors (Lipinski definition) is 2. The molecule has 0 spiro atoms. The molecule has 0 fully saturated rings. The summed E-state index contributed by atoms with van der Waals surface area (Å²) in [4.78, 5) is 29.4. The first-order valence-corrected chi connectivity index (χ1v) is 8.91. The van der Waals surface area contributed by atoms with Crippen LogP contribution in [0.3, 0.4) is 0 Å². The third-order valence-corrected chi connectivity index (χ3v) is 4.15. The van der Waals surface area contributed by atoms with E-state index in [-0.39, 0.29) is 12.5 Å². The number of benzene rings is 2. The quantitative estimate of drug-likeness (QED) is 0.667. The summed E-state index contributed by atoms with van der Waals surface area (Å²) >= 11 is 0. The van der Waals surface area contributed by atoms with Crippen molar-refractivity contribution in [3.8, 4) is 5.75 Å². The second kappa shape index (κ2) is 8.55. The van der Waals surface area contributed by atoms with Crippen LogP contribution in [0.1, 0.15) is 11.3 Å². The largest absolute Gasteiger partial charge is 0.495 e. The van der Waals surface area contributed by atoms with Crippen molar-refractivity contribution < 1.29 is 13.9 Å². The molecule has 0 atom stereocenters. The van der Waals surface area contributed by atoms with Crippen molar-refractivity contribution in [2.45, 2.75) is 20.4 Å². The number of hydrogen-bond acceptors (Lipinski definition) is 5. The zero-order chi connectivity index (χ0) is 21.0. The number of carbonyl (C=O) groups is 1. The van der Waals surface area contributed by atoms with E-state index in [1.807, 2.05) is 13.0 Å². The van der Waals surface area contributed by atoms with Crippen molar-refractivity contribution in [1.82, 2.24) is 9.55 Å². The standard InChI is InChI=1S/C21H21FN4O3/c1-13-7-8-18(29-3)17(9-13)25-19(27)12-26-20(28)10-14(2)23-21(26)24-16-6-4-5-15(22)11-16/h4-11H,12H2,1-3H3,(H,23,24)(H,25,27). The van der Waals surface area contributed by atoms with Crippen molar-refractivity contribution in [3.05, 3.63) is 76.0 Å². The maximum absolute atomic E-state index is 13.5. The van der Waals surface area contributed by atoms with Gasteiger partial charge in [-0.25, -0.2) is 9.37 Å². The fourth-order valence-corrected chi connectivity index (χ4v) is 2.82. The zero-order valence-electron chi connectivity index (χ0n) is 16.3. The summed E-state index contributed by atoms with van der Waals surface area (Å²) in [5.41, 5.74) is 1.94. The lowest BCUT2D eigenvalue weighted by molar-refractivity contribution is -0.116. The van der Waals surface area contributed by atoms with E-state index in [9.17, 15) is 14.0 Å². The second-order valence-electron chi connectivity index (χ2n) is 6.53. The number of rotatable bonds is 6. The fraction of sp³-hybridized carbons (Fsp3) is 0.190. The van der Waals surface area contributed by atoms with E-state index in [0.29, 0.717) is 22.8 Å². The van der Waals surface area contributed by atoms with Gasteiger partial charge in [-0.3, -0.25) is 14.2 Å². The number of ether oxygens (including phenoxy) is 1. The summed E-state index contributed by atoms with van der Waals surface area (Å²) in [6, 6.07) is 12.5. The number of anilines is 3. The van der Waals surface area contributed by atoms with Crippen LogP contribution in [-0.4, -0.2) is 22.6 Å². The third-order valence-electron chi connectivity index (χ3n) is 4.15. The molecule has 29 heavy (non-hydrogen) atoms. The molecule has 0 aliphatic rings. The lowest BCUT2D eigenvalue weighted by Gasteiger charge is -2.15. The summed E-state index contributed by atoms with van der Waals surface area (Å²) in [6.45, 7) is 3.28. The molecule has 3 rings (SSSR count). The predicted molar refractivity (Wildman–Crippen MR) is 109 cm³/mol. The Morgan fingerprint density at radius 1 is 1.17 bits per heavy atom. The van der Waals surface area contributed by atoms with E-state index in [4.69, 9.17) is 4.74 Å². The topological polar surface area (TPSA) is 85.2 Å². The molecule has 3 aromatic rings. The van der Waals surface area contributed by atoms with Crippen LogP contribution in [0.15, 0.2) is 53.3 Å². The SMILES string of the molecule is COc1ccc(C)cc1NC(=O)Cn1c(Nc2cccc(F)c2)nc(C)cc1=O. The van der Waals surface area contributed by atoms with Gasteiger partial charge in [-0.1, -0.05) is 12.1 Å². The van der Waals surface area contributed by atoms with E-state index in [2.05, 4.69) is 15.6 Å². The Balaban J connectivity index is 1.88. The minimum atomic E-state index is -0.430. The number of methoxy groups -OCH3 is 1. The minimum Gasteiger partial charge on any atom is -0.495 e. The molecular formula is C21H21FN4O3. The van der Waals surface area contributed by atoms with Crippen LogP contribution in [-0.2, 0) is 11.3 Å². The third kappa shape index (κ3) is 4.98. The number of nitrogens with zero attached hydrogens (tertiary/aromatic N) is 2. The number of aryl methyl sites for hydroxylation is 2. The smallest absolute Gasteiger partial charge is 0.255 e. The van der Waals surface area contributed by atoms with Crippen LogP contribution in [0.25, 0.3) is 0 Å². The maximum Gasteiger partial charge on any atom is 0.255 e. The molecule has 0 saturated heterocycles. The first kappa shape index (κ1) is 20.1. The lowest BCUT2D eigenvalue weighted by atomic mass is 10.2. The van der Waals surface area contributed by atoms with E-state index in [0.717, 1.165) is 5.56 Å². The molecule has 0 aliphatic carbocycles. The van der Waals surface area contributed by atoms with Gasteiger partial charge < -0.3 is 15.4 Å². The molecule has 0 bridgehead atoms. The minimum absolute atomic E-state index is 0.145. The van der Waals surface area contributed by atoms with Gasteiger partial charge in [-0.05, 0) is 49.7 Å². The second-order valence-corrected chi connectivity index (χ2v) is 6.53. The van der Waals surface area contributed by atoms with Crippen molar-refractivity contribution in [3.63, 3.8) is 0 Å². The molecule has 0 unspecified atom stereocenters. The Morgan fingerprint density at radius 3 is 2.69 bits per heavy atom. The first-order valence-electron chi connectivity index (χ1n) is 8.91. The Morgan fingerprint density at radius 2 is 1.97 bits per heavy atom. The van der Waals surface area contributed by atoms with Crippen LogP contribution in [0.5, 0.6) is 5.75 Å². The fourth-order valence-electron chi connectivity index (χ4n) is 2.82. The lowest BCUT2D eigenvalue weighted by Crippen LogP contribution is -2.30. The van der Waals surface area contributed by atoms with Crippen LogP contribution >= 0.6 is 0 Å². The molecule has 1 amide bonds. The number of carbonyl (C=O) groups excluding carboxylic acids is 1. The summed E-state index contributed by atoms with van der Waals surface area (Å²) in [5.74, 6) is -0.201. The van der Waals surface area contributed by atoms with Gasteiger partial charge in [-0.15, -0.1) is 0 Å². The summed E-state index contributed by atoms with van der Waals surface area (Å²) in [5, 5.41) is 5.66. The summed E-state index contributed by atoms with van der Waals surface area (Å²) in [7, 11) is 1.51. The van der Waals surface area contributed by atoms with Gasteiger partial charge in [0.25, 0.3) is 5.56 Å². The van der Waals surface area contributed by atoms with Crippen LogP contribution in [0.2, 0.25) is 0 Å².